The highest BCUT2D eigenvalue weighted by Gasteiger charge is 2.14. The predicted molar refractivity (Wildman–Crippen MR) is 144 cm³/mol. The molecule has 6 heteroatoms. The van der Waals surface area contributed by atoms with Gasteiger partial charge in [-0.1, -0.05) is 47.5 Å². The van der Waals surface area contributed by atoms with Crippen molar-refractivity contribution in [1.82, 2.24) is 4.57 Å². The third-order valence-corrected chi connectivity index (χ3v) is 6.26. The number of benzene rings is 3. The van der Waals surface area contributed by atoms with E-state index in [1.165, 1.54) is 0 Å². The zero-order valence-corrected chi connectivity index (χ0v) is 21.1. The highest BCUT2D eigenvalue weighted by Crippen LogP contribution is 2.25. The predicted octanol–water partition coefficient (Wildman–Crippen LogP) is 7.18. The number of rotatable bonds is 7. The molecule has 0 bridgehead atoms. The van der Waals surface area contributed by atoms with E-state index in [4.69, 9.17) is 16.3 Å². The molecular weight excluding hydrogens is 470 g/mol. The van der Waals surface area contributed by atoms with E-state index in [1.807, 2.05) is 106 Å². The number of ether oxygens (including phenoxy) is 1. The van der Waals surface area contributed by atoms with Gasteiger partial charge in [-0.2, -0.15) is 5.26 Å². The molecule has 180 valence electrons. The number of nitrogens with zero attached hydrogens (tertiary/aromatic N) is 2. The van der Waals surface area contributed by atoms with Gasteiger partial charge in [0, 0.05) is 33.3 Å². The highest BCUT2D eigenvalue weighted by molar-refractivity contribution is 6.31. The van der Waals surface area contributed by atoms with Crippen molar-refractivity contribution in [2.24, 2.45) is 0 Å². The maximum atomic E-state index is 12.7. The summed E-state index contributed by atoms with van der Waals surface area (Å²) in [6.45, 7) is 6.32. The van der Waals surface area contributed by atoms with E-state index < -0.39 is 5.91 Å². The first kappa shape index (κ1) is 24.8. The summed E-state index contributed by atoms with van der Waals surface area (Å²) >= 11 is 6.21. The monoisotopic (exact) mass is 495 g/mol. The normalized spacial score (nSPS) is 11.1. The molecule has 0 radical (unpaired) electrons. The number of nitrogens with one attached hydrogen (secondary N) is 1. The molecule has 4 aromatic rings. The van der Waals surface area contributed by atoms with Gasteiger partial charge in [0.2, 0.25) is 0 Å². The maximum Gasteiger partial charge on any atom is 0.266 e. The van der Waals surface area contributed by atoms with E-state index in [9.17, 15) is 10.1 Å². The van der Waals surface area contributed by atoms with Crippen LogP contribution in [0.3, 0.4) is 0 Å². The molecule has 0 aliphatic heterocycles. The van der Waals surface area contributed by atoms with Crippen LogP contribution in [-0.2, 0) is 11.4 Å². The van der Waals surface area contributed by atoms with Crippen LogP contribution in [0.1, 0.15) is 28.1 Å². The minimum Gasteiger partial charge on any atom is -0.489 e. The first-order valence-corrected chi connectivity index (χ1v) is 11.9. The molecule has 0 fully saturated rings. The van der Waals surface area contributed by atoms with Crippen LogP contribution in [0, 0.1) is 32.1 Å². The average molecular weight is 496 g/mol. The van der Waals surface area contributed by atoms with Crippen molar-refractivity contribution in [3.8, 4) is 17.5 Å². The van der Waals surface area contributed by atoms with Gasteiger partial charge >= 0.3 is 0 Å². The Morgan fingerprint density at radius 2 is 1.72 bits per heavy atom. The number of carbonyl (C=O) groups is 1. The second kappa shape index (κ2) is 11.0. The summed E-state index contributed by atoms with van der Waals surface area (Å²) < 4.78 is 7.97. The Morgan fingerprint density at radius 1 is 1.03 bits per heavy atom. The Hall–Kier alpha value is -4.27. The molecule has 0 spiro atoms. The van der Waals surface area contributed by atoms with Gasteiger partial charge in [-0.25, -0.2) is 0 Å². The summed E-state index contributed by atoms with van der Waals surface area (Å²) in [6, 6.07) is 26.8. The average Bonchev–Trinajstić information content (AvgIpc) is 3.16. The van der Waals surface area contributed by atoms with Crippen molar-refractivity contribution in [3.05, 3.63) is 118 Å². The van der Waals surface area contributed by atoms with Crippen LogP contribution in [0.25, 0.3) is 11.8 Å². The van der Waals surface area contributed by atoms with Crippen LogP contribution in [0.15, 0.2) is 84.4 Å². The molecule has 36 heavy (non-hydrogen) atoms. The first-order valence-electron chi connectivity index (χ1n) is 11.5. The number of anilines is 1. The standard InChI is InChI=1S/C30H26ClN3O2/c1-20-8-10-26(11-9-20)33-30(35)25(18-32)17-24-16-21(2)34(22(24)3)27-12-14-28(15-13-27)36-19-23-6-4-5-7-29(23)31/h4-17H,19H2,1-3H3,(H,33,35)/b25-17-. The molecule has 0 atom stereocenters. The second-order valence-corrected chi connectivity index (χ2v) is 8.93. The Bertz CT molecular complexity index is 1460. The lowest BCUT2D eigenvalue weighted by atomic mass is 10.1. The number of hydrogen-bond donors (Lipinski definition) is 1. The molecular formula is C30H26ClN3O2. The van der Waals surface area contributed by atoms with Gasteiger partial charge < -0.3 is 14.6 Å². The zero-order valence-electron chi connectivity index (χ0n) is 20.4. The number of amides is 1. The van der Waals surface area contributed by atoms with Crippen molar-refractivity contribution in [2.45, 2.75) is 27.4 Å². The summed E-state index contributed by atoms with van der Waals surface area (Å²) in [5.41, 5.74) is 6.38. The number of halogens is 1. The van der Waals surface area contributed by atoms with Crippen molar-refractivity contribution in [2.75, 3.05) is 5.32 Å². The van der Waals surface area contributed by atoms with Gasteiger partial charge in [0.1, 0.15) is 24.0 Å². The summed E-state index contributed by atoms with van der Waals surface area (Å²) in [4.78, 5) is 12.7. The van der Waals surface area contributed by atoms with E-state index in [2.05, 4.69) is 9.88 Å². The number of aryl methyl sites for hydroxylation is 2. The van der Waals surface area contributed by atoms with E-state index in [0.29, 0.717) is 17.3 Å². The Kier molecular flexibility index (Phi) is 7.58. The van der Waals surface area contributed by atoms with Crippen LogP contribution < -0.4 is 10.1 Å². The fourth-order valence-electron chi connectivity index (χ4n) is 3.94. The third-order valence-electron chi connectivity index (χ3n) is 5.89. The molecule has 0 saturated carbocycles. The SMILES string of the molecule is Cc1ccc(NC(=O)/C(C#N)=C\c2cc(C)n(-c3ccc(OCc4ccccc4Cl)cc3)c2C)cc1. The molecule has 1 amide bonds. The largest absolute Gasteiger partial charge is 0.489 e. The fraction of sp³-hybridized carbons (Fsp3) is 0.133. The van der Waals surface area contributed by atoms with Crippen LogP contribution in [0.4, 0.5) is 5.69 Å². The lowest BCUT2D eigenvalue weighted by Crippen LogP contribution is -2.13. The molecule has 5 nitrogen and oxygen atoms in total. The summed E-state index contributed by atoms with van der Waals surface area (Å²) in [5.74, 6) is 0.298. The summed E-state index contributed by atoms with van der Waals surface area (Å²) in [5, 5.41) is 13.1. The van der Waals surface area contributed by atoms with Gasteiger partial charge in [0.05, 0.1) is 0 Å². The molecule has 4 rings (SSSR count). The van der Waals surface area contributed by atoms with Crippen molar-refractivity contribution < 1.29 is 9.53 Å². The van der Waals surface area contributed by atoms with Crippen molar-refractivity contribution in [1.29, 1.82) is 5.26 Å². The highest BCUT2D eigenvalue weighted by atomic mass is 35.5. The van der Waals surface area contributed by atoms with Crippen LogP contribution in [0.2, 0.25) is 5.02 Å². The summed E-state index contributed by atoms with van der Waals surface area (Å²) in [7, 11) is 0. The van der Waals surface area contributed by atoms with Crippen molar-refractivity contribution >= 4 is 29.3 Å². The molecule has 3 aromatic carbocycles. The van der Waals surface area contributed by atoms with Gasteiger partial charge in [0.25, 0.3) is 5.91 Å². The smallest absolute Gasteiger partial charge is 0.266 e. The lowest BCUT2D eigenvalue weighted by Gasteiger charge is -2.12. The minimum atomic E-state index is -0.439. The number of nitriles is 1. The molecule has 1 N–H and O–H groups in total. The molecule has 0 saturated heterocycles. The van der Waals surface area contributed by atoms with Gasteiger partial charge in [-0.05, 0) is 80.9 Å². The Labute approximate surface area is 216 Å². The molecule has 0 aliphatic rings. The minimum absolute atomic E-state index is 0.0409. The third kappa shape index (κ3) is 5.68. The van der Waals surface area contributed by atoms with Gasteiger partial charge in [-0.3, -0.25) is 4.79 Å². The van der Waals surface area contributed by atoms with Crippen LogP contribution in [-0.4, -0.2) is 10.5 Å². The van der Waals surface area contributed by atoms with E-state index in [1.54, 1.807) is 6.08 Å². The van der Waals surface area contributed by atoms with Crippen LogP contribution in [0.5, 0.6) is 5.75 Å². The second-order valence-electron chi connectivity index (χ2n) is 8.53. The quantitative estimate of drug-likeness (QED) is 0.218. The van der Waals surface area contributed by atoms with Gasteiger partial charge in [0.15, 0.2) is 0 Å². The first-order chi connectivity index (χ1) is 17.4. The number of hydrogen-bond acceptors (Lipinski definition) is 3. The lowest BCUT2D eigenvalue weighted by molar-refractivity contribution is -0.112. The van der Waals surface area contributed by atoms with Crippen molar-refractivity contribution in [3.63, 3.8) is 0 Å². The number of aromatic nitrogens is 1. The molecule has 0 unspecified atom stereocenters. The number of carbonyl (C=O) groups excluding carboxylic acids is 1. The van der Waals surface area contributed by atoms with Gasteiger partial charge in [-0.15, -0.1) is 0 Å². The Morgan fingerprint density at radius 3 is 2.39 bits per heavy atom. The topological polar surface area (TPSA) is 67.0 Å². The van der Waals surface area contributed by atoms with E-state index in [-0.39, 0.29) is 5.57 Å². The van der Waals surface area contributed by atoms with E-state index >= 15 is 0 Å². The Balaban J connectivity index is 1.51. The molecule has 1 aromatic heterocycles. The zero-order chi connectivity index (χ0) is 25.7. The fourth-order valence-corrected chi connectivity index (χ4v) is 4.13. The van der Waals surface area contributed by atoms with E-state index in [0.717, 1.165) is 39.5 Å². The molecule has 1 heterocycles. The maximum absolute atomic E-state index is 12.7. The molecule has 0 aliphatic carbocycles. The summed E-state index contributed by atoms with van der Waals surface area (Å²) in [6.07, 6.45) is 1.63. The van der Waals surface area contributed by atoms with Crippen LogP contribution >= 0.6 is 11.6 Å².